The van der Waals surface area contributed by atoms with Crippen LogP contribution in [-0.4, -0.2) is 11.8 Å². The number of carbonyl (C=O) groups excluding carboxylic acids is 2. The van der Waals surface area contributed by atoms with Gasteiger partial charge in [-0.2, -0.15) is 0 Å². The van der Waals surface area contributed by atoms with Crippen LogP contribution < -0.4 is 5.32 Å². The van der Waals surface area contributed by atoms with E-state index < -0.39 is 0 Å². The monoisotopic (exact) mass is 349 g/mol. The number of piperidine rings is 1. The lowest BCUT2D eigenvalue weighted by Crippen LogP contribution is -2.43. The fourth-order valence-corrected chi connectivity index (χ4v) is 4.43. The third-order valence-electron chi connectivity index (χ3n) is 3.49. The van der Waals surface area contributed by atoms with Gasteiger partial charge in [-0.15, -0.1) is 11.3 Å². The second-order valence-electron chi connectivity index (χ2n) is 4.74. The van der Waals surface area contributed by atoms with E-state index in [1.165, 1.54) is 0 Å². The number of halogens is 1. The van der Waals surface area contributed by atoms with Crippen LogP contribution in [0.1, 0.15) is 28.7 Å². The van der Waals surface area contributed by atoms with Gasteiger partial charge < -0.3 is 0 Å². The maximum Gasteiger partial charge on any atom is 0.234 e. The Hall–Kier alpha value is -1.46. The summed E-state index contributed by atoms with van der Waals surface area (Å²) in [7, 11) is 0. The molecule has 1 aliphatic rings. The van der Waals surface area contributed by atoms with E-state index in [1.807, 2.05) is 41.8 Å². The molecule has 2 aromatic rings. The Balaban J connectivity index is 2.06. The number of carbonyl (C=O) groups is 2. The molecule has 0 aliphatic carbocycles. The molecule has 3 rings (SSSR count). The van der Waals surface area contributed by atoms with E-state index in [2.05, 4.69) is 21.2 Å². The third-order valence-corrected chi connectivity index (χ3v) is 5.50. The highest BCUT2D eigenvalue weighted by Gasteiger charge is 2.39. The molecular weight excluding hydrogens is 338 g/mol. The first-order valence-corrected chi connectivity index (χ1v) is 7.95. The SMILES string of the molecule is O=C1CC(c2sccc2Br)C(c2ccccc2)C(=O)N1. The minimum Gasteiger partial charge on any atom is -0.296 e. The number of hydrogen-bond acceptors (Lipinski definition) is 3. The van der Waals surface area contributed by atoms with Crippen LogP contribution in [0.3, 0.4) is 0 Å². The molecule has 5 heteroatoms. The van der Waals surface area contributed by atoms with Crippen molar-refractivity contribution in [3.05, 3.63) is 56.7 Å². The van der Waals surface area contributed by atoms with Crippen LogP contribution in [0.2, 0.25) is 0 Å². The highest BCUT2D eigenvalue weighted by Crippen LogP contribution is 2.43. The minimum absolute atomic E-state index is 0.104. The summed E-state index contributed by atoms with van der Waals surface area (Å²) in [5, 5.41) is 4.42. The molecule has 1 N–H and O–H groups in total. The van der Waals surface area contributed by atoms with Gasteiger partial charge in [-0.1, -0.05) is 30.3 Å². The van der Waals surface area contributed by atoms with Crippen molar-refractivity contribution < 1.29 is 9.59 Å². The molecule has 2 unspecified atom stereocenters. The van der Waals surface area contributed by atoms with Crippen molar-refractivity contribution in [3.8, 4) is 0 Å². The van der Waals surface area contributed by atoms with Gasteiger partial charge in [-0.05, 0) is 32.9 Å². The van der Waals surface area contributed by atoms with Gasteiger partial charge in [0.1, 0.15) is 0 Å². The van der Waals surface area contributed by atoms with Gasteiger partial charge in [-0.3, -0.25) is 14.9 Å². The summed E-state index contributed by atoms with van der Waals surface area (Å²) in [5.41, 5.74) is 0.947. The number of amides is 2. The van der Waals surface area contributed by atoms with Gasteiger partial charge in [0.2, 0.25) is 11.8 Å². The summed E-state index contributed by atoms with van der Waals surface area (Å²) in [5.74, 6) is -0.831. The predicted octanol–water partition coefficient (Wildman–Crippen LogP) is 3.42. The van der Waals surface area contributed by atoms with Gasteiger partial charge in [0.05, 0.1) is 5.92 Å². The highest BCUT2D eigenvalue weighted by atomic mass is 79.9. The van der Waals surface area contributed by atoms with Crippen LogP contribution in [0.4, 0.5) is 0 Å². The summed E-state index contributed by atoms with van der Waals surface area (Å²) < 4.78 is 0.968. The van der Waals surface area contributed by atoms with Gasteiger partial charge in [0.15, 0.2) is 0 Å². The van der Waals surface area contributed by atoms with Gasteiger partial charge in [0.25, 0.3) is 0 Å². The van der Waals surface area contributed by atoms with E-state index in [0.29, 0.717) is 6.42 Å². The molecule has 2 atom stereocenters. The van der Waals surface area contributed by atoms with E-state index in [9.17, 15) is 9.59 Å². The average Bonchev–Trinajstić information content (AvgIpc) is 2.85. The summed E-state index contributed by atoms with van der Waals surface area (Å²) >= 11 is 5.09. The zero-order valence-electron chi connectivity index (χ0n) is 10.5. The van der Waals surface area contributed by atoms with Crippen LogP contribution in [0.25, 0.3) is 0 Å². The molecule has 1 fully saturated rings. The van der Waals surface area contributed by atoms with Gasteiger partial charge in [0, 0.05) is 21.7 Å². The first-order chi connectivity index (χ1) is 9.66. The minimum atomic E-state index is -0.316. The van der Waals surface area contributed by atoms with Crippen molar-refractivity contribution in [1.82, 2.24) is 5.32 Å². The molecule has 3 nitrogen and oxygen atoms in total. The largest absolute Gasteiger partial charge is 0.296 e. The van der Waals surface area contributed by atoms with Crippen molar-refractivity contribution in [2.75, 3.05) is 0 Å². The van der Waals surface area contributed by atoms with Crippen molar-refractivity contribution in [3.63, 3.8) is 0 Å². The van der Waals surface area contributed by atoms with E-state index in [1.54, 1.807) is 11.3 Å². The van der Waals surface area contributed by atoms with Crippen molar-refractivity contribution >= 4 is 39.1 Å². The lowest BCUT2D eigenvalue weighted by atomic mass is 9.79. The fraction of sp³-hybridized carbons (Fsp3) is 0.200. The number of benzene rings is 1. The molecule has 2 heterocycles. The van der Waals surface area contributed by atoms with E-state index in [-0.39, 0.29) is 23.7 Å². The first-order valence-electron chi connectivity index (χ1n) is 6.28. The molecule has 0 radical (unpaired) electrons. The number of nitrogens with one attached hydrogen (secondary N) is 1. The van der Waals surface area contributed by atoms with E-state index >= 15 is 0 Å². The number of rotatable bonds is 2. The fourth-order valence-electron chi connectivity index (χ4n) is 2.62. The maximum absolute atomic E-state index is 12.3. The molecule has 1 aromatic carbocycles. The first kappa shape index (κ1) is 13.5. The Morgan fingerprint density at radius 2 is 1.90 bits per heavy atom. The summed E-state index contributed by atoms with van der Waals surface area (Å²) in [6.45, 7) is 0. The Kier molecular flexibility index (Phi) is 3.72. The summed E-state index contributed by atoms with van der Waals surface area (Å²) in [4.78, 5) is 25.1. The normalized spacial score (nSPS) is 22.6. The summed E-state index contributed by atoms with van der Waals surface area (Å²) in [6.07, 6.45) is 0.338. The Morgan fingerprint density at radius 3 is 2.55 bits per heavy atom. The third kappa shape index (κ3) is 2.43. The van der Waals surface area contributed by atoms with Crippen LogP contribution >= 0.6 is 27.3 Å². The van der Waals surface area contributed by atoms with Crippen molar-refractivity contribution in [1.29, 1.82) is 0 Å². The molecule has 0 spiro atoms. The van der Waals surface area contributed by atoms with Crippen LogP contribution in [-0.2, 0) is 9.59 Å². The Bertz CT molecular complexity index is 653. The second kappa shape index (κ2) is 5.50. The molecule has 2 amide bonds. The van der Waals surface area contributed by atoms with Crippen LogP contribution in [0.15, 0.2) is 46.3 Å². The molecule has 0 bridgehead atoms. The van der Waals surface area contributed by atoms with E-state index in [0.717, 1.165) is 14.9 Å². The zero-order chi connectivity index (χ0) is 14.1. The van der Waals surface area contributed by atoms with E-state index in [4.69, 9.17) is 0 Å². The molecule has 1 aromatic heterocycles. The maximum atomic E-state index is 12.3. The standard InChI is InChI=1S/C15H12BrNO2S/c16-11-6-7-20-14(11)10-8-12(18)17-15(19)13(10)9-4-2-1-3-5-9/h1-7,10,13H,8H2,(H,17,18,19). The smallest absolute Gasteiger partial charge is 0.234 e. The Labute approximate surface area is 129 Å². The zero-order valence-corrected chi connectivity index (χ0v) is 12.9. The molecule has 20 heavy (non-hydrogen) atoms. The van der Waals surface area contributed by atoms with Crippen LogP contribution in [0, 0.1) is 0 Å². The number of thiophene rings is 1. The van der Waals surface area contributed by atoms with Crippen molar-refractivity contribution in [2.24, 2.45) is 0 Å². The lowest BCUT2D eigenvalue weighted by Gasteiger charge is -2.30. The molecular formula is C15H12BrNO2S. The van der Waals surface area contributed by atoms with Crippen molar-refractivity contribution in [2.45, 2.75) is 18.3 Å². The van der Waals surface area contributed by atoms with Crippen LogP contribution in [0.5, 0.6) is 0 Å². The predicted molar refractivity (Wildman–Crippen MR) is 81.7 cm³/mol. The van der Waals surface area contributed by atoms with Gasteiger partial charge >= 0.3 is 0 Å². The molecule has 1 saturated heterocycles. The highest BCUT2D eigenvalue weighted by molar-refractivity contribution is 9.10. The quantitative estimate of drug-likeness (QED) is 0.844. The molecule has 102 valence electrons. The second-order valence-corrected chi connectivity index (χ2v) is 6.55. The lowest BCUT2D eigenvalue weighted by molar-refractivity contribution is -0.135. The number of imide groups is 1. The Morgan fingerprint density at radius 1 is 1.15 bits per heavy atom. The molecule has 1 aliphatic heterocycles. The van der Waals surface area contributed by atoms with Gasteiger partial charge in [-0.25, -0.2) is 0 Å². The molecule has 0 saturated carbocycles. The topological polar surface area (TPSA) is 46.2 Å². The average molecular weight is 350 g/mol. The summed E-state index contributed by atoms with van der Waals surface area (Å²) in [6, 6.07) is 11.6. The number of hydrogen-bond donors (Lipinski definition) is 1.